The van der Waals surface area contributed by atoms with E-state index in [0.29, 0.717) is 11.1 Å². The number of carboxylic acids is 7. The number of carbonyl (C=O) groups excluding carboxylic acids is 13. The molecule has 2 rings (SSSR count). The minimum atomic E-state index is -2.23. The number of hydrogen-bond donors (Lipinski definition) is 23. The number of carboxylic acid groups (broad SMARTS) is 7. The van der Waals surface area contributed by atoms with E-state index in [0.717, 1.165) is 0 Å². The van der Waals surface area contributed by atoms with Crippen LogP contribution in [0.25, 0.3) is 0 Å². The predicted molar refractivity (Wildman–Crippen MR) is 378 cm³/mol. The van der Waals surface area contributed by atoms with Crippen molar-refractivity contribution in [3.63, 3.8) is 0 Å². The number of nitrogens with one attached hydrogen (secondary N) is 12. The lowest BCUT2D eigenvalue weighted by atomic mass is 9.96. The Labute approximate surface area is 633 Å². The second-order valence-electron chi connectivity index (χ2n) is 26.0. The molecule has 2 aromatic carbocycles. The summed E-state index contributed by atoms with van der Waals surface area (Å²) in [6.07, 6.45) is -10.6. The zero-order valence-corrected chi connectivity index (χ0v) is 60.8. The molecule has 0 fully saturated rings. The summed E-state index contributed by atoms with van der Waals surface area (Å²) in [4.78, 5) is 263. The van der Waals surface area contributed by atoms with Gasteiger partial charge in [0.25, 0.3) is 0 Å². The van der Waals surface area contributed by atoms with Crippen molar-refractivity contribution < 1.29 is 142 Å². The molecule has 0 saturated carbocycles. The number of aliphatic hydroxyl groups excluding tert-OH is 2. The van der Waals surface area contributed by atoms with Crippen molar-refractivity contribution in [3.05, 3.63) is 71.8 Å². The molecule has 0 aliphatic carbocycles. The summed E-state index contributed by atoms with van der Waals surface area (Å²) in [5, 5.41) is 114. The second kappa shape index (κ2) is 48.2. The van der Waals surface area contributed by atoms with Crippen LogP contribution in [-0.2, 0) is 109 Å². The minimum absolute atomic E-state index is 0.0515. The van der Waals surface area contributed by atoms with Crippen LogP contribution in [0.1, 0.15) is 122 Å². The van der Waals surface area contributed by atoms with Crippen LogP contribution in [0.3, 0.4) is 0 Å². The monoisotopic (exact) mass is 1570 g/mol. The zero-order chi connectivity index (χ0) is 83.9. The molecule has 14 unspecified atom stereocenters. The molecule has 0 bridgehead atoms. The van der Waals surface area contributed by atoms with Gasteiger partial charge in [-0.05, 0) is 55.1 Å². The second-order valence-corrected chi connectivity index (χ2v) is 26.0. The Bertz CT molecular complexity index is 3640. The molecule has 0 radical (unpaired) electrons. The van der Waals surface area contributed by atoms with Crippen LogP contribution < -0.4 is 75.3 Å². The molecule has 0 heterocycles. The van der Waals surface area contributed by atoms with E-state index < -0.39 is 306 Å². The van der Waals surface area contributed by atoms with Crippen LogP contribution in [0.15, 0.2) is 60.7 Å². The number of nitrogens with two attached hydrogens (primary N) is 2. The van der Waals surface area contributed by atoms with Gasteiger partial charge >= 0.3 is 41.8 Å². The lowest BCUT2D eigenvalue weighted by molar-refractivity contribution is -0.144. The number of benzene rings is 2. The highest BCUT2D eigenvalue weighted by Gasteiger charge is 2.40. The molecule has 43 nitrogen and oxygen atoms in total. The summed E-state index contributed by atoms with van der Waals surface area (Å²) in [6.45, 7) is 3.77. The van der Waals surface area contributed by atoms with E-state index in [2.05, 4.69) is 58.5 Å². The minimum Gasteiger partial charge on any atom is -0.481 e. The van der Waals surface area contributed by atoms with Crippen molar-refractivity contribution in [3.8, 4) is 0 Å². The van der Waals surface area contributed by atoms with Crippen molar-refractivity contribution >= 4 is 119 Å². The van der Waals surface area contributed by atoms with Gasteiger partial charge in [-0.25, -0.2) is 4.79 Å². The van der Waals surface area contributed by atoms with Gasteiger partial charge in [0.2, 0.25) is 76.8 Å². The maximum absolute atomic E-state index is 14.5. The zero-order valence-electron chi connectivity index (χ0n) is 60.8. The first-order valence-electron chi connectivity index (χ1n) is 34.6. The van der Waals surface area contributed by atoms with Crippen molar-refractivity contribution in [1.29, 1.82) is 0 Å². The van der Waals surface area contributed by atoms with Crippen LogP contribution in [-0.4, -0.2) is 256 Å². The highest BCUT2D eigenvalue weighted by atomic mass is 16.4. The summed E-state index contributed by atoms with van der Waals surface area (Å²) < 4.78 is 0. The highest BCUT2D eigenvalue weighted by molar-refractivity contribution is 6.01. The van der Waals surface area contributed by atoms with E-state index in [9.17, 15) is 142 Å². The molecule has 14 atom stereocenters. The first-order valence-corrected chi connectivity index (χ1v) is 34.6. The SMILES string of the molecule is CCC(C)C(NC(=O)C(CC(=O)O)NC(=O)C(CC(=O)O)NC(=O)C(CC(C)C)NC(=O)C(CO)NC(=O)C(Cc1ccccc1)NC(=O)C(CCC(=O)O)NC(=O)C(CCC(=O)O)NC(=O)C(Cc1ccccc1)NC(=O)C(CC(=O)O)NC(=O)C(N)CO)C(=O)NC(CCC(=O)O)C(=O)NC(CCC(N)=O)C(=O)O. The van der Waals surface area contributed by atoms with E-state index in [1.165, 1.54) is 76.2 Å². The molecule has 0 aliphatic rings. The molecule has 0 spiro atoms. The predicted octanol–water partition coefficient (Wildman–Crippen LogP) is -6.94. The quantitative estimate of drug-likeness (QED) is 0.0293. The van der Waals surface area contributed by atoms with E-state index in [1.54, 1.807) is 12.1 Å². The van der Waals surface area contributed by atoms with Gasteiger partial charge in [-0.2, -0.15) is 0 Å². The summed E-state index contributed by atoms with van der Waals surface area (Å²) in [6, 6.07) is -9.54. The molecule has 612 valence electrons. The summed E-state index contributed by atoms with van der Waals surface area (Å²) in [5.41, 5.74) is 11.3. The van der Waals surface area contributed by atoms with Gasteiger partial charge in [-0.1, -0.05) is 94.8 Å². The van der Waals surface area contributed by atoms with Crippen LogP contribution >= 0.6 is 0 Å². The molecule has 2 aromatic rings. The van der Waals surface area contributed by atoms with Gasteiger partial charge in [-0.15, -0.1) is 0 Å². The fourth-order valence-corrected chi connectivity index (χ4v) is 10.4. The van der Waals surface area contributed by atoms with Crippen LogP contribution in [0.4, 0.5) is 0 Å². The van der Waals surface area contributed by atoms with Gasteiger partial charge in [0, 0.05) is 38.5 Å². The molecular formula is C68H96N14O29. The number of hydrogen-bond acceptors (Lipinski definition) is 23. The van der Waals surface area contributed by atoms with E-state index >= 15 is 0 Å². The van der Waals surface area contributed by atoms with E-state index in [4.69, 9.17) is 11.5 Å². The third-order valence-electron chi connectivity index (χ3n) is 16.5. The van der Waals surface area contributed by atoms with E-state index in [-0.39, 0.29) is 12.8 Å². The third kappa shape index (κ3) is 36.0. The summed E-state index contributed by atoms with van der Waals surface area (Å²) >= 11 is 0. The average Bonchev–Trinajstić information content (AvgIpc) is 0.853. The average molecular weight is 1570 g/mol. The number of aliphatic hydroxyl groups is 2. The normalized spacial score (nSPS) is 14.7. The fourth-order valence-electron chi connectivity index (χ4n) is 10.4. The maximum Gasteiger partial charge on any atom is 0.326 e. The van der Waals surface area contributed by atoms with Crippen LogP contribution in [0.5, 0.6) is 0 Å². The van der Waals surface area contributed by atoms with Crippen molar-refractivity contribution in [1.82, 2.24) is 63.8 Å². The van der Waals surface area contributed by atoms with Gasteiger partial charge in [0.05, 0.1) is 32.5 Å². The highest BCUT2D eigenvalue weighted by Crippen LogP contribution is 2.15. The van der Waals surface area contributed by atoms with Crippen LogP contribution in [0.2, 0.25) is 0 Å². The summed E-state index contributed by atoms with van der Waals surface area (Å²) in [5.74, 6) is -29.5. The number of aliphatic carboxylic acids is 7. The van der Waals surface area contributed by atoms with Gasteiger partial charge in [0.1, 0.15) is 78.5 Å². The molecule has 0 aromatic heterocycles. The number of carbonyl (C=O) groups is 20. The fraction of sp³-hybridized carbons (Fsp3) is 0.529. The van der Waals surface area contributed by atoms with Gasteiger partial charge < -0.3 is 121 Å². The van der Waals surface area contributed by atoms with Crippen molar-refractivity contribution in [2.45, 2.75) is 203 Å². The number of rotatable bonds is 53. The molecular weight excluding hydrogens is 1480 g/mol. The Morgan fingerprint density at radius 1 is 0.333 bits per heavy atom. The van der Waals surface area contributed by atoms with Crippen LogP contribution in [0, 0.1) is 11.8 Å². The third-order valence-corrected chi connectivity index (χ3v) is 16.5. The topological polar surface area (TPSA) is 720 Å². The molecule has 13 amide bonds. The molecule has 111 heavy (non-hydrogen) atoms. The Morgan fingerprint density at radius 3 is 0.955 bits per heavy atom. The van der Waals surface area contributed by atoms with Crippen molar-refractivity contribution in [2.75, 3.05) is 13.2 Å². The van der Waals surface area contributed by atoms with E-state index in [1.807, 2.05) is 5.32 Å². The first-order chi connectivity index (χ1) is 52.1. The number of primary amides is 1. The lowest BCUT2D eigenvalue weighted by Gasteiger charge is -2.29. The Hall–Kier alpha value is -12.3. The largest absolute Gasteiger partial charge is 0.481 e. The first kappa shape index (κ1) is 94.8. The number of amides is 13. The lowest BCUT2D eigenvalue weighted by Crippen LogP contribution is -2.62. The van der Waals surface area contributed by atoms with Gasteiger partial charge in [-0.3, -0.25) is 91.1 Å². The van der Waals surface area contributed by atoms with Crippen molar-refractivity contribution in [2.24, 2.45) is 23.3 Å². The Balaban J connectivity index is 2.57. The molecule has 25 N–H and O–H groups in total. The smallest absolute Gasteiger partial charge is 0.326 e. The molecule has 0 aliphatic heterocycles. The standard InChI is InChI=1S/C68H96N14O29/c1-5-33(4)55(67(109)73-39(19-23-51(90)91)58(100)74-40(68(110)111)16-20-48(70)85)82-65(107)46(29-54(96)97)80-64(106)45(28-53(94)95)79-60(102)41(24-32(2)3)76-66(108)47(31-84)81-62(104)43(26-35-14-10-7-11-15-35)77-59(101)38(18-22-50(88)89)71-57(99)37(17-21-49(86)87)72-61(103)42(25-34-12-8-6-9-13-34)78-63(105)44(27-52(92)93)75-56(98)36(69)30-83/h6-15,32-33,36-47,55,83-84H,5,16-31,69H2,1-4H3,(H2,70,85)(H,71,99)(H,72,103)(H,73,109)(H,74,100)(H,75,98)(H,76,108)(H,77,101)(H,78,105)(H,79,102)(H,80,106)(H,81,104)(H,82,107)(H,86,87)(H,88,89)(H,90,91)(H,92,93)(H,94,95)(H,96,97)(H,110,111). The Kier molecular flexibility index (Phi) is 41.2. The maximum atomic E-state index is 14.5. The molecule has 0 saturated heterocycles. The van der Waals surface area contributed by atoms with Gasteiger partial charge in [0.15, 0.2) is 0 Å². The molecule has 43 heteroatoms. The summed E-state index contributed by atoms with van der Waals surface area (Å²) in [7, 11) is 0. The Morgan fingerprint density at radius 2 is 0.622 bits per heavy atom.